The zero-order valence-electron chi connectivity index (χ0n) is 7.93. The Morgan fingerprint density at radius 2 is 2.38 bits per heavy atom. The van der Waals surface area contributed by atoms with Crippen molar-refractivity contribution in [1.82, 2.24) is 5.32 Å². The van der Waals surface area contributed by atoms with Crippen LogP contribution in [0.4, 0.5) is 0 Å². The van der Waals surface area contributed by atoms with Crippen LogP contribution in [0.5, 0.6) is 0 Å². The van der Waals surface area contributed by atoms with E-state index < -0.39 is 0 Å². The first-order valence-corrected chi connectivity index (χ1v) is 4.61. The first kappa shape index (κ1) is 10.1. The summed E-state index contributed by atoms with van der Waals surface area (Å²) in [5.41, 5.74) is 0. The van der Waals surface area contributed by atoms with Gasteiger partial charge in [0.2, 0.25) is 0 Å². The molecule has 0 atom stereocenters. The molecule has 0 spiro atoms. The molecule has 0 aromatic rings. The van der Waals surface area contributed by atoms with Crippen LogP contribution in [0.15, 0.2) is 0 Å². The van der Waals surface area contributed by atoms with Gasteiger partial charge in [-0.3, -0.25) is 4.79 Å². The fraction of sp³-hybridized carbons (Fsp3) is 0.700. The molecule has 0 aliphatic heterocycles. The lowest BCUT2D eigenvalue weighted by Crippen LogP contribution is -2.25. The van der Waals surface area contributed by atoms with Gasteiger partial charge in [0, 0.05) is 19.6 Å². The highest BCUT2D eigenvalue weighted by atomic mass is 16.5. The molecule has 0 unspecified atom stereocenters. The lowest BCUT2D eigenvalue weighted by Gasteiger charge is -2.18. The average Bonchev–Trinajstić information content (AvgIpc) is 2.02. The van der Waals surface area contributed by atoms with Gasteiger partial charge in [-0.05, 0) is 18.8 Å². The van der Waals surface area contributed by atoms with Gasteiger partial charge in [0.05, 0.1) is 6.61 Å². The van der Waals surface area contributed by atoms with Crippen LogP contribution < -0.4 is 5.32 Å². The molecule has 0 radical (unpaired) electrons. The molecule has 0 saturated heterocycles. The number of carbonyl (C=O) groups excluding carboxylic acids is 1. The third kappa shape index (κ3) is 3.95. The average molecular weight is 181 g/mol. The molecule has 1 saturated carbocycles. The van der Waals surface area contributed by atoms with E-state index in [1.165, 1.54) is 6.42 Å². The van der Waals surface area contributed by atoms with E-state index in [2.05, 4.69) is 17.2 Å². The maximum absolute atomic E-state index is 11.0. The van der Waals surface area contributed by atoms with Gasteiger partial charge in [0.1, 0.15) is 0 Å². The normalized spacial score (nSPS) is 15.5. The Kier molecular flexibility index (Phi) is 4.34. The highest BCUT2D eigenvalue weighted by Crippen LogP contribution is 2.24. The minimum absolute atomic E-state index is 0.191. The van der Waals surface area contributed by atoms with Crippen LogP contribution in [0.2, 0.25) is 0 Å². The molecule has 1 aliphatic carbocycles. The van der Waals surface area contributed by atoms with Crippen LogP contribution in [0.3, 0.4) is 0 Å². The summed E-state index contributed by atoms with van der Waals surface area (Å²) in [4.78, 5) is 11.0. The Morgan fingerprint density at radius 3 is 2.92 bits per heavy atom. The topological polar surface area (TPSA) is 38.3 Å². The van der Waals surface area contributed by atoms with Gasteiger partial charge in [-0.2, -0.15) is 0 Å². The monoisotopic (exact) mass is 181 g/mol. The van der Waals surface area contributed by atoms with Gasteiger partial charge < -0.3 is 10.1 Å². The second kappa shape index (κ2) is 5.60. The molecule has 0 bridgehead atoms. The van der Waals surface area contributed by atoms with Crippen molar-refractivity contribution in [1.29, 1.82) is 0 Å². The van der Waals surface area contributed by atoms with Crippen molar-refractivity contribution >= 4 is 5.91 Å². The van der Waals surface area contributed by atoms with Crippen molar-refractivity contribution in [2.24, 2.45) is 5.92 Å². The quantitative estimate of drug-likeness (QED) is 0.510. The fourth-order valence-corrected chi connectivity index (χ4v) is 1.03. The van der Waals surface area contributed by atoms with Crippen LogP contribution in [0.25, 0.3) is 0 Å². The van der Waals surface area contributed by atoms with E-state index in [4.69, 9.17) is 4.74 Å². The van der Waals surface area contributed by atoms with Crippen molar-refractivity contribution in [3.63, 3.8) is 0 Å². The van der Waals surface area contributed by atoms with Gasteiger partial charge in [-0.1, -0.05) is 12.3 Å². The molecule has 0 aromatic carbocycles. The Balaban J connectivity index is 2.10. The number of amides is 1. The third-order valence-electron chi connectivity index (χ3n) is 2.09. The molecular formula is C10H15NO2. The van der Waals surface area contributed by atoms with E-state index in [1.54, 1.807) is 7.11 Å². The first-order chi connectivity index (χ1) is 6.33. The lowest BCUT2D eigenvalue weighted by atomic mass is 9.86. The molecular weight excluding hydrogens is 166 g/mol. The van der Waals surface area contributed by atoms with Gasteiger partial charge >= 0.3 is 0 Å². The second-order valence-electron chi connectivity index (χ2n) is 3.15. The van der Waals surface area contributed by atoms with Crippen molar-refractivity contribution in [3.05, 3.63) is 0 Å². The van der Waals surface area contributed by atoms with Crippen LogP contribution in [0.1, 0.15) is 19.3 Å². The zero-order chi connectivity index (χ0) is 9.52. The summed E-state index contributed by atoms with van der Waals surface area (Å²) in [5, 5.41) is 2.65. The second-order valence-corrected chi connectivity index (χ2v) is 3.15. The molecule has 1 fully saturated rings. The number of hydrogen-bond acceptors (Lipinski definition) is 2. The summed E-state index contributed by atoms with van der Waals surface area (Å²) in [6.07, 6.45) is 3.56. The van der Waals surface area contributed by atoms with E-state index in [0.29, 0.717) is 19.1 Å². The summed E-state index contributed by atoms with van der Waals surface area (Å²) in [7, 11) is 1.60. The Labute approximate surface area is 78.8 Å². The Hall–Kier alpha value is -1.01. The largest absolute Gasteiger partial charge is 0.383 e. The van der Waals surface area contributed by atoms with E-state index >= 15 is 0 Å². The maximum atomic E-state index is 11.0. The smallest absolute Gasteiger partial charge is 0.295 e. The summed E-state index contributed by atoms with van der Waals surface area (Å²) in [6.45, 7) is 1.07. The predicted molar refractivity (Wildman–Crippen MR) is 50.0 cm³/mol. The molecule has 13 heavy (non-hydrogen) atoms. The Bertz CT molecular complexity index is 223. The SMILES string of the molecule is COCCNC(=O)C#CC1CCC1. The van der Waals surface area contributed by atoms with Gasteiger partial charge in [-0.25, -0.2) is 0 Å². The Morgan fingerprint density at radius 1 is 1.62 bits per heavy atom. The summed E-state index contributed by atoms with van der Waals surface area (Å²) in [5.74, 6) is 5.81. The number of hydrogen-bond donors (Lipinski definition) is 1. The van der Waals surface area contributed by atoms with E-state index in [-0.39, 0.29) is 5.91 Å². The predicted octanol–water partition coefficient (Wildman–Crippen LogP) is 0.552. The molecule has 3 nitrogen and oxygen atoms in total. The van der Waals surface area contributed by atoms with E-state index in [1.807, 2.05) is 0 Å². The molecule has 72 valence electrons. The number of rotatable bonds is 3. The van der Waals surface area contributed by atoms with Crippen LogP contribution in [-0.2, 0) is 9.53 Å². The standard InChI is InChI=1S/C10H15NO2/c1-13-8-7-11-10(12)6-5-9-3-2-4-9/h9H,2-4,7-8H2,1H3,(H,11,12). The summed E-state index contributed by atoms with van der Waals surface area (Å²) < 4.78 is 4.79. The lowest BCUT2D eigenvalue weighted by molar-refractivity contribution is -0.115. The summed E-state index contributed by atoms with van der Waals surface area (Å²) in [6, 6.07) is 0. The number of ether oxygens (including phenoxy) is 1. The highest BCUT2D eigenvalue weighted by Gasteiger charge is 2.13. The summed E-state index contributed by atoms with van der Waals surface area (Å²) >= 11 is 0. The molecule has 1 amide bonds. The van der Waals surface area contributed by atoms with Crippen LogP contribution >= 0.6 is 0 Å². The highest BCUT2D eigenvalue weighted by molar-refractivity contribution is 5.93. The van der Waals surface area contributed by atoms with Gasteiger partial charge in [0.15, 0.2) is 0 Å². The molecule has 3 heteroatoms. The third-order valence-corrected chi connectivity index (χ3v) is 2.09. The van der Waals surface area contributed by atoms with Gasteiger partial charge in [-0.15, -0.1) is 0 Å². The molecule has 1 N–H and O–H groups in total. The van der Waals surface area contributed by atoms with Crippen molar-refractivity contribution in [3.8, 4) is 11.8 Å². The van der Waals surface area contributed by atoms with E-state index in [0.717, 1.165) is 12.8 Å². The maximum Gasteiger partial charge on any atom is 0.295 e. The molecule has 1 aliphatic rings. The number of nitrogens with one attached hydrogen (secondary N) is 1. The molecule has 0 aromatic heterocycles. The zero-order valence-corrected chi connectivity index (χ0v) is 7.93. The first-order valence-electron chi connectivity index (χ1n) is 4.61. The van der Waals surface area contributed by atoms with Crippen molar-refractivity contribution in [2.45, 2.75) is 19.3 Å². The van der Waals surface area contributed by atoms with Crippen molar-refractivity contribution < 1.29 is 9.53 Å². The minimum Gasteiger partial charge on any atom is -0.383 e. The van der Waals surface area contributed by atoms with Crippen molar-refractivity contribution in [2.75, 3.05) is 20.3 Å². The van der Waals surface area contributed by atoms with Crippen LogP contribution in [0, 0.1) is 17.8 Å². The molecule has 0 heterocycles. The minimum atomic E-state index is -0.191. The number of methoxy groups -OCH3 is 1. The fourth-order valence-electron chi connectivity index (χ4n) is 1.03. The molecule has 1 rings (SSSR count). The van der Waals surface area contributed by atoms with E-state index in [9.17, 15) is 4.79 Å². The van der Waals surface area contributed by atoms with Gasteiger partial charge in [0.25, 0.3) is 5.91 Å². The number of carbonyl (C=O) groups is 1. The van der Waals surface area contributed by atoms with Crippen LogP contribution in [-0.4, -0.2) is 26.2 Å².